The number of aromatic nitrogens is 3. The second kappa shape index (κ2) is 5.11. The molecule has 2 aromatic rings. The van der Waals surface area contributed by atoms with E-state index in [9.17, 15) is 10.1 Å². The molecule has 0 aliphatic carbocycles. The Bertz CT molecular complexity index is 608. The van der Waals surface area contributed by atoms with Gasteiger partial charge in [0.25, 0.3) is 0 Å². The van der Waals surface area contributed by atoms with Crippen LogP contribution in [-0.2, 0) is 0 Å². The van der Waals surface area contributed by atoms with Crippen molar-refractivity contribution in [3.05, 3.63) is 45.1 Å². The minimum atomic E-state index is -0.677. The molecule has 2 aromatic heterocycles. The van der Waals surface area contributed by atoms with Crippen LogP contribution in [0.3, 0.4) is 0 Å². The lowest BCUT2D eigenvalue weighted by Crippen LogP contribution is -1.98. The van der Waals surface area contributed by atoms with Crippen LogP contribution in [0.25, 0.3) is 0 Å². The highest BCUT2D eigenvalue weighted by atomic mass is 35.5. The summed E-state index contributed by atoms with van der Waals surface area (Å²) in [6.45, 7) is 0. The minimum Gasteiger partial charge on any atom is -0.432 e. The second-order valence-electron chi connectivity index (χ2n) is 3.03. The van der Waals surface area contributed by atoms with Crippen molar-refractivity contribution in [2.24, 2.45) is 0 Å². The van der Waals surface area contributed by atoms with Crippen LogP contribution in [0.2, 0.25) is 10.3 Å². The molecule has 0 saturated heterocycles. The average molecular weight is 287 g/mol. The molecule has 2 rings (SSSR count). The molecule has 9 heteroatoms. The monoisotopic (exact) mass is 286 g/mol. The average Bonchev–Trinajstić information content (AvgIpc) is 2.28. The zero-order chi connectivity index (χ0) is 13.1. The Labute approximate surface area is 111 Å². The van der Waals surface area contributed by atoms with Gasteiger partial charge in [-0.3, -0.25) is 15.1 Å². The van der Waals surface area contributed by atoms with E-state index in [0.717, 1.165) is 6.20 Å². The lowest BCUT2D eigenvalue weighted by molar-refractivity contribution is -0.386. The minimum absolute atomic E-state index is 0.161. The molecule has 0 amide bonds. The van der Waals surface area contributed by atoms with Crippen molar-refractivity contribution in [1.29, 1.82) is 0 Å². The largest absolute Gasteiger partial charge is 0.432 e. The van der Waals surface area contributed by atoms with Crippen LogP contribution in [0.4, 0.5) is 5.69 Å². The third kappa shape index (κ3) is 2.82. The molecule has 0 atom stereocenters. The van der Waals surface area contributed by atoms with Crippen molar-refractivity contribution in [2.75, 3.05) is 0 Å². The molecule has 18 heavy (non-hydrogen) atoms. The van der Waals surface area contributed by atoms with Crippen molar-refractivity contribution in [3.8, 4) is 11.6 Å². The molecule has 0 aliphatic rings. The molecule has 92 valence electrons. The van der Waals surface area contributed by atoms with E-state index in [1.165, 1.54) is 18.5 Å². The molecule has 0 N–H and O–H groups in total. The van der Waals surface area contributed by atoms with Crippen LogP contribution < -0.4 is 4.74 Å². The lowest BCUT2D eigenvalue weighted by Gasteiger charge is -2.04. The lowest BCUT2D eigenvalue weighted by atomic mass is 10.4. The first-order valence-corrected chi connectivity index (χ1v) is 5.27. The summed E-state index contributed by atoms with van der Waals surface area (Å²) >= 11 is 11.3. The quantitative estimate of drug-likeness (QED) is 0.489. The topological polar surface area (TPSA) is 91.0 Å². The summed E-state index contributed by atoms with van der Waals surface area (Å²) in [5.74, 6) is -0.0653. The zero-order valence-electron chi connectivity index (χ0n) is 8.58. The molecular formula is C9H4Cl2N4O3. The maximum Gasteiger partial charge on any atom is 0.349 e. The standard InChI is InChI=1S/C9H4Cl2N4O3/c10-5-1-6(3-12-2-5)18-8-7(15(16)17)4-13-9(11)14-8/h1-4H. The van der Waals surface area contributed by atoms with E-state index in [1.807, 2.05) is 0 Å². The van der Waals surface area contributed by atoms with Gasteiger partial charge in [0.2, 0.25) is 5.28 Å². The highest BCUT2D eigenvalue weighted by Gasteiger charge is 2.19. The summed E-state index contributed by atoms with van der Waals surface area (Å²) in [7, 11) is 0. The fourth-order valence-corrected chi connectivity index (χ4v) is 1.39. The third-order valence-electron chi connectivity index (χ3n) is 1.80. The maximum absolute atomic E-state index is 10.8. The van der Waals surface area contributed by atoms with Crippen molar-refractivity contribution in [2.45, 2.75) is 0 Å². The molecule has 0 aliphatic heterocycles. The van der Waals surface area contributed by atoms with Gasteiger partial charge in [-0.15, -0.1) is 0 Å². The van der Waals surface area contributed by atoms with Gasteiger partial charge in [0.05, 0.1) is 16.1 Å². The molecule has 2 heterocycles. The molecule has 0 saturated carbocycles. The van der Waals surface area contributed by atoms with E-state index in [1.54, 1.807) is 0 Å². The summed E-state index contributed by atoms with van der Waals surface area (Å²) in [5.41, 5.74) is -0.403. The van der Waals surface area contributed by atoms with E-state index >= 15 is 0 Å². The molecule has 0 fully saturated rings. The number of halogens is 2. The predicted molar refractivity (Wildman–Crippen MR) is 63.0 cm³/mol. The van der Waals surface area contributed by atoms with Crippen molar-refractivity contribution in [3.63, 3.8) is 0 Å². The van der Waals surface area contributed by atoms with Gasteiger partial charge < -0.3 is 4.74 Å². The van der Waals surface area contributed by atoms with Gasteiger partial charge in [0.15, 0.2) is 0 Å². The van der Waals surface area contributed by atoms with Gasteiger partial charge in [-0.2, -0.15) is 4.98 Å². The van der Waals surface area contributed by atoms with Gasteiger partial charge in [-0.05, 0) is 11.6 Å². The second-order valence-corrected chi connectivity index (χ2v) is 3.80. The number of pyridine rings is 1. The Balaban J connectivity index is 2.39. The third-order valence-corrected chi connectivity index (χ3v) is 2.19. The van der Waals surface area contributed by atoms with Gasteiger partial charge in [0, 0.05) is 12.3 Å². The molecule has 0 aromatic carbocycles. The molecule has 0 spiro atoms. The van der Waals surface area contributed by atoms with Crippen molar-refractivity contribution in [1.82, 2.24) is 15.0 Å². The summed E-state index contributed by atoms with van der Waals surface area (Å²) in [4.78, 5) is 21.0. The Morgan fingerprint density at radius 3 is 2.72 bits per heavy atom. The highest BCUT2D eigenvalue weighted by Crippen LogP contribution is 2.29. The van der Waals surface area contributed by atoms with E-state index in [2.05, 4.69) is 15.0 Å². The molecule has 7 nitrogen and oxygen atoms in total. The van der Waals surface area contributed by atoms with Crippen LogP contribution in [0.1, 0.15) is 0 Å². The van der Waals surface area contributed by atoms with E-state index < -0.39 is 10.6 Å². The Morgan fingerprint density at radius 1 is 1.28 bits per heavy atom. The highest BCUT2D eigenvalue weighted by molar-refractivity contribution is 6.30. The zero-order valence-corrected chi connectivity index (χ0v) is 10.1. The van der Waals surface area contributed by atoms with E-state index in [4.69, 9.17) is 27.9 Å². The van der Waals surface area contributed by atoms with E-state index in [0.29, 0.717) is 5.02 Å². The first-order valence-electron chi connectivity index (χ1n) is 4.51. The summed E-state index contributed by atoms with van der Waals surface area (Å²) in [6.07, 6.45) is 3.70. The number of ether oxygens (including phenoxy) is 1. The van der Waals surface area contributed by atoms with Crippen molar-refractivity contribution < 1.29 is 9.66 Å². The smallest absolute Gasteiger partial charge is 0.349 e. The fraction of sp³-hybridized carbons (Fsp3) is 0. The number of nitro groups is 1. The Kier molecular flexibility index (Phi) is 3.54. The van der Waals surface area contributed by atoms with Crippen LogP contribution in [0.15, 0.2) is 24.7 Å². The van der Waals surface area contributed by atoms with Gasteiger partial charge in [0.1, 0.15) is 11.9 Å². The summed E-state index contributed by atoms with van der Waals surface area (Å²) < 4.78 is 5.21. The van der Waals surface area contributed by atoms with Gasteiger partial charge in [-0.25, -0.2) is 4.98 Å². The SMILES string of the molecule is O=[N+]([O-])c1cnc(Cl)nc1Oc1cncc(Cl)c1. The van der Waals surface area contributed by atoms with Crippen LogP contribution in [-0.4, -0.2) is 19.9 Å². The van der Waals surface area contributed by atoms with Crippen LogP contribution >= 0.6 is 23.2 Å². The first-order chi connectivity index (χ1) is 8.56. The number of hydrogen-bond donors (Lipinski definition) is 0. The van der Waals surface area contributed by atoms with E-state index in [-0.39, 0.29) is 16.9 Å². The Hall–Kier alpha value is -1.99. The fourth-order valence-electron chi connectivity index (χ4n) is 1.10. The summed E-state index contributed by atoms with van der Waals surface area (Å²) in [6, 6.07) is 1.44. The predicted octanol–water partition coefficient (Wildman–Crippen LogP) is 2.88. The number of rotatable bonds is 3. The molecule has 0 bridgehead atoms. The van der Waals surface area contributed by atoms with Crippen LogP contribution in [0, 0.1) is 10.1 Å². The molecular weight excluding hydrogens is 283 g/mol. The molecule has 0 radical (unpaired) electrons. The summed E-state index contributed by atoms with van der Waals surface area (Å²) in [5, 5.41) is 10.9. The van der Waals surface area contributed by atoms with Gasteiger partial charge in [-0.1, -0.05) is 11.6 Å². The molecule has 0 unspecified atom stereocenters. The van der Waals surface area contributed by atoms with Gasteiger partial charge >= 0.3 is 11.6 Å². The van der Waals surface area contributed by atoms with Crippen molar-refractivity contribution >= 4 is 28.9 Å². The number of hydrogen-bond acceptors (Lipinski definition) is 6. The normalized spacial score (nSPS) is 10.1. The van der Waals surface area contributed by atoms with Crippen LogP contribution in [0.5, 0.6) is 11.6 Å². The number of nitrogens with zero attached hydrogens (tertiary/aromatic N) is 4. The maximum atomic E-state index is 10.8. The first kappa shape index (κ1) is 12.5. The Morgan fingerprint density at radius 2 is 2.06 bits per heavy atom.